The van der Waals surface area contributed by atoms with Crippen LogP contribution in [-0.4, -0.2) is 7.11 Å². The van der Waals surface area contributed by atoms with E-state index in [1.807, 2.05) is 0 Å². The van der Waals surface area contributed by atoms with Crippen molar-refractivity contribution in [2.75, 3.05) is 12.4 Å². The monoisotopic (exact) mass is 267 g/mol. The van der Waals surface area contributed by atoms with Gasteiger partial charge >= 0.3 is 0 Å². The Kier molecular flexibility index (Phi) is 3.64. The van der Waals surface area contributed by atoms with E-state index in [9.17, 15) is 0 Å². The van der Waals surface area contributed by atoms with Crippen molar-refractivity contribution in [2.24, 2.45) is 0 Å². The predicted molar refractivity (Wildman–Crippen MR) is 83.5 cm³/mol. The van der Waals surface area contributed by atoms with Crippen molar-refractivity contribution in [3.63, 3.8) is 0 Å². The van der Waals surface area contributed by atoms with E-state index in [1.54, 1.807) is 7.11 Å². The first-order valence-corrected chi connectivity index (χ1v) is 7.26. The molecule has 0 amide bonds. The lowest BCUT2D eigenvalue weighted by Gasteiger charge is -2.27. The molecule has 1 aliphatic rings. The van der Waals surface area contributed by atoms with Crippen LogP contribution in [0.4, 0.5) is 5.69 Å². The summed E-state index contributed by atoms with van der Waals surface area (Å²) in [6.45, 7) is 2.12. The second kappa shape index (κ2) is 5.58. The van der Waals surface area contributed by atoms with E-state index in [2.05, 4.69) is 54.7 Å². The average Bonchev–Trinajstić information content (AvgIpc) is 2.49. The molecule has 2 nitrogen and oxygen atoms in total. The van der Waals surface area contributed by atoms with Crippen LogP contribution >= 0.6 is 0 Å². The molecule has 0 spiro atoms. The highest BCUT2D eigenvalue weighted by Gasteiger charge is 2.20. The lowest BCUT2D eigenvalue weighted by Crippen LogP contribution is -2.17. The van der Waals surface area contributed by atoms with Gasteiger partial charge in [0.25, 0.3) is 0 Å². The van der Waals surface area contributed by atoms with Crippen molar-refractivity contribution in [3.8, 4) is 5.75 Å². The number of methoxy groups -OCH3 is 1. The molecule has 1 atom stereocenters. The Labute approximate surface area is 120 Å². The zero-order valence-electron chi connectivity index (χ0n) is 12.1. The fourth-order valence-electron chi connectivity index (χ4n) is 2.91. The topological polar surface area (TPSA) is 21.3 Å². The summed E-state index contributed by atoms with van der Waals surface area (Å²) in [6, 6.07) is 15.4. The van der Waals surface area contributed by atoms with Crippen molar-refractivity contribution in [1.82, 2.24) is 0 Å². The van der Waals surface area contributed by atoms with Crippen molar-refractivity contribution < 1.29 is 4.74 Å². The van der Waals surface area contributed by atoms with Crippen molar-refractivity contribution in [2.45, 2.75) is 32.2 Å². The molecule has 20 heavy (non-hydrogen) atoms. The van der Waals surface area contributed by atoms with E-state index in [0.29, 0.717) is 6.04 Å². The molecule has 1 aliphatic carbocycles. The molecule has 1 N–H and O–H groups in total. The quantitative estimate of drug-likeness (QED) is 0.884. The van der Waals surface area contributed by atoms with Crippen LogP contribution in [0.1, 0.15) is 35.6 Å². The minimum atomic E-state index is 0.386. The number of fused-ring (bicyclic) bond motifs is 1. The molecule has 0 aromatic heterocycles. The van der Waals surface area contributed by atoms with Gasteiger partial charge < -0.3 is 10.1 Å². The van der Waals surface area contributed by atoms with Crippen LogP contribution in [0.15, 0.2) is 42.5 Å². The van der Waals surface area contributed by atoms with E-state index in [0.717, 1.165) is 5.75 Å². The van der Waals surface area contributed by atoms with Crippen LogP contribution < -0.4 is 10.1 Å². The number of aryl methyl sites for hydroxylation is 2. The van der Waals surface area contributed by atoms with Gasteiger partial charge in [-0.3, -0.25) is 0 Å². The molecule has 3 rings (SSSR count). The Morgan fingerprint density at radius 2 is 1.90 bits per heavy atom. The third-order valence-corrected chi connectivity index (χ3v) is 4.06. The maximum absolute atomic E-state index is 5.37. The van der Waals surface area contributed by atoms with Gasteiger partial charge in [-0.2, -0.15) is 0 Å². The molecular weight excluding hydrogens is 246 g/mol. The Balaban J connectivity index is 1.87. The number of hydrogen-bond acceptors (Lipinski definition) is 2. The average molecular weight is 267 g/mol. The maximum Gasteiger partial charge on any atom is 0.119 e. The first-order valence-electron chi connectivity index (χ1n) is 7.26. The Hall–Kier alpha value is -1.96. The molecule has 0 bridgehead atoms. The van der Waals surface area contributed by atoms with Crippen LogP contribution in [0.2, 0.25) is 0 Å². The first kappa shape index (κ1) is 13.0. The fourth-order valence-corrected chi connectivity index (χ4v) is 2.91. The Bertz CT molecular complexity index is 589. The van der Waals surface area contributed by atoms with Crippen LogP contribution in [0, 0.1) is 6.92 Å². The second-order valence-electron chi connectivity index (χ2n) is 5.52. The van der Waals surface area contributed by atoms with Crippen LogP contribution in [-0.2, 0) is 6.42 Å². The summed E-state index contributed by atoms with van der Waals surface area (Å²) in [5, 5.41) is 3.66. The van der Waals surface area contributed by atoms with Gasteiger partial charge in [0.1, 0.15) is 5.75 Å². The Morgan fingerprint density at radius 1 is 1.10 bits per heavy atom. The second-order valence-corrected chi connectivity index (χ2v) is 5.52. The number of rotatable bonds is 3. The van der Waals surface area contributed by atoms with Crippen LogP contribution in [0.3, 0.4) is 0 Å². The number of hydrogen-bond donors (Lipinski definition) is 1. The molecule has 1 unspecified atom stereocenters. The third-order valence-electron chi connectivity index (χ3n) is 4.06. The highest BCUT2D eigenvalue weighted by molar-refractivity contribution is 5.49. The van der Waals surface area contributed by atoms with Gasteiger partial charge in [0.05, 0.1) is 13.2 Å². The zero-order valence-corrected chi connectivity index (χ0v) is 12.1. The summed E-state index contributed by atoms with van der Waals surface area (Å²) in [5.41, 5.74) is 5.32. The molecule has 104 valence electrons. The molecule has 2 heteroatoms. The van der Waals surface area contributed by atoms with Gasteiger partial charge in [-0.15, -0.1) is 0 Å². The maximum atomic E-state index is 5.37. The largest absolute Gasteiger partial charge is 0.497 e. The molecule has 2 aromatic rings. The fraction of sp³-hybridized carbons (Fsp3) is 0.333. The normalized spacial score (nSPS) is 17.4. The van der Waals surface area contributed by atoms with E-state index < -0.39 is 0 Å². The molecule has 0 fully saturated rings. The van der Waals surface area contributed by atoms with Crippen LogP contribution in [0.5, 0.6) is 5.75 Å². The first-order chi connectivity index (χ1) is 9.76. The molecular formula is C18H21NO. The lowest BCUT2D eigenvalue weighted by molar-refractivity contribution is 0.413. The SMILES string of the molecule is COc1ccc2c(c1)C(Nc1ccc(C)cc1)CCC2. The van der Waals surface area contributed by atoms with E-state index in [-0.39, 0.29) is 0 Å². The minimum Gasteiger partial charge on any atom is -0.497 e. The van der Waals surface area contributed by atoms with E-state index in [4.69, 9.17) is 4.74 Å². The lowest BCUT2D eigenvalue weighted by atomic mass is 9.87. The van der Waals surface area contributed by atoms with Gasteiger partial charge in [-0.25, -0.2) is 0 Å². The van der Waals surface area contributed by atoms with Gasteiger partial charge in [0.15, 0.2) is 0 Å². The summed E-state index contributed by atoms with van der Waals surface area (Å²) in [7, 11) is 1.73. The Morgan fingerprint density at radius 3 is 2.65 bits per heavy atom. The molecule has 0 radical (unpaired) electrons. The summed E-state index contributed by atoms with van der Waals surface area (Å²) < 4.78 is 5.37. The predicted octanol–water partition coefficient (Wildman–Crippen LogP) is 4.49. The van der Waals surface area contributed by atoms with E-state index in [1.165, 1.54) is 41.6 Å². The number of benzene rings is 2. The molecule has 0 aliphatic heterocycles. The van der Waals surface area contributed by atoms with Crippen molar-refractivity contribution in [1.29, 1.82) is 0 Å². The zero-order chi connectivity index (χ0) is 13.9. The van der Waals surface area contributed by atoms with Gasteiger partial charge in [0, 0.05) is 5.69 Å². The summed E-state index contributed by atoms with van der Waals surface area (Å²) in [5.74, 6) is 0.946. The van der Waals surface area contributed by atoms with E-state index >= 15 is 0 Å². The van der Waals surface area contributed by atoms with Gasteiger partial charge in [0.2, 0.25) is 0 Å². The van der Waals surface area contributed by atoms with Crippen molar-refractivity contribution in [3.05, 3.63) is 59.2 Å². The van der Waals surface area contributed by atoms with Gasteiger partial charge in [-0.1, -0.05) is 23.8 Å². The smallest absolute Gasteiger partial charge is 0.119 e. The number of ether oxygens (including phenoxy) is 1. The highest BCUT2D eigenvalue weighted by Crippen LogP contribution is 2.34. The number of nitrogens with one attached hydrogen (secondary N) is 1. The van der Waals surface area contributed by atoms with Crippen molar-refractivity contribution >= 4 is 5.69 Å². The minimum absolute atomic E-state index is 0.386. The summed E-state index contributed by atoms with van der Waals surface area (Å²) in [4.78, 5) is 0. The molecule has 0 heterocycles. The third kappa shape index (κ3) is 2.64. The highest BCUT2D eigenvalue weighted by atomic mass is 16.5. The standard InChI is InChI=1S/C18H21NO/c1-13-6-9-15(10-7-13)19-18-5-3-4-14-8-11-16(20-2)12-17(14)18/h6-12,18-19H,3-5H2,1-2H3. The van der Waals surface area contributed by atoms with Crippen LogP contribution in [0.25, 0.3) is 0 Å². The molecule has 2 aromatic carbocycles. The summed E-state index contributed by atoms with van der Waals surface area (Å²) in [6.07, 6.45) is 3.59. The number of anilines is 1. The van der Waals surface area contributed by atoms with Gasteiger partial charge in [-0.05, 0) is 61.6 Å². The summed E-state index contributed by atoms with van der Waals surface area (Å²) >= 11 is 0. The molecule has 0 saturated carbocycles. The molecule has 0 saturated heterocycles.